The summed E-state index contributed by atoms with van der Waals surface area (Å²) in [6.07, 6.45) is 1.65. The Balaban J connectivity index is 2.35. The van der Waals surface area contributed by atoms with E-state index in [2.05, 4.69) is 9.59 Å². The molecule has 0 saturated carbocycles. The molecule has 2 rings (SSSR count). The number of carbonyl (C=O) groups is 2. The molecule has 2 atom stereocenters. The Bertz CT molecular complexity index is 550. The number of likely N-dealkylation sites (tertiary alicyclic amines) is 1. The van der Waals surface area contributed by atoms with Gasteiger partial charge in [-0.3, -0.25) is 4.79 Å². The minimum Gasteiger partial charge on any atom is -0.480 e. The summed E-state index contributed by atoms with van der Waals surface area (Å²) < 4.78 is 3.89. The summed E-state index contributed by atoms with van der Waals surface area (Å²) in [5.41, 5.74) is 0.345. The Morgan fingerprint density at radius 1 is 1.38 bits per heavy atom. The fourth-order valence-electron chi connectivity index (χ4n) is 2.74. The van der Waals surface area contributed by atoms with Crippen molar-refractivity contribution in [3.8, 4) is 0 Å². The lowest BCUT2D eigenvalue weighted by Crippen LogP contribution is -2.52. The molecule has 1 saturated heterocycles. The molecule has 1 amide bonds. The molecule has 0 spiro atoms. The number of piperidine rings is 1. The molecule has 2 heterocycles. The van der Waals surface area contributed by atoms with Crippen LogP contribution in [0.1, 0.15) is 55.9 Å². The second kappa shape index (κ2) is 5.71. The summed E-state index contributed by atoms with van der Waals surface area (Å²) in [6, 6.07) is -0.763. The van der Waals surface area contributed by atoms with Crippen LogP contribution in [0.15, 0.2) is 0 Å². The fourth-order valence-corrected chi connectivity index (χ4v) is 3.58. The quantitative estimate of drug-likeness (QED) is 0.905. The number of amides is 1. The minimum atomic E-state index is -0.940. The standard InChI is InChI=1S/C14H21N3O3S/c1-8-6-5-7-17(9(8)13(19)20)12(18)10-11(14(2,3)4)15-16-21-10/h8-9H,5-7H2,1-4H3,(H,19,20). The molecule has 1 aromatic rings. The van der Waals surface area contributed by atoms with Crippen LogP contribution >= 0.6 is 11.5 Å². The smallest absolute Gasteiger partial charge is 0.326 e. The maximum atomic E-state index is 12.8. The zero-order valence-corrected chi connectivity index (χ0v) is 13.6. The monoisotopic (exact) mass is 311 g/mol. The third-order valence-corrected chi connectivity index (χ3v) is 4.55. The van der Waals surface area contributed by atoms with Gasteiger partial charge in [0.05, 0.1) is 5.69 Å². The summed E-state index contributed by atoms with van der Waals surface area (Å²) in [5, 5.41) is 13.5. The molecule has 1 aliphatic heterocycles. The van der Waals surface area contributed by atoms with Gasteiger partial charge in [-0.25, -0.2) is 4.79 Å². The molecule has 1 fully saturated rings. The van der Waals surface area contributed by atoms with E-state index in [1.165, 1.54) is 4.90 Å². The molecule has 7 heteroatoms. The average molecular weight is 311 g/mol. The molecular formula is C14H21N3O3S. The van der Waals surface area contributed by atoms with Crippen LogP contribution in [-0.2, 0) is 10.2 Å². The number of aromatic nitrogens is 2. The van der Waals surface area contributed by atoms with E-state index < -0.39 is 12.0 Å². The largest absolute Gasteiger partial charge is 0.480 e. The number of rotatable bonds is 2. The first-order valence-corrected chi connectivity index (χ1v) is 7.87. The lowest BCUT2D eigenvalue weighted by Gasteiger charge is -2.37. The average Bonchev–Trinajstić information content (AvgIpc) is 2.86. The fraction of sp³-hybridized carbons (Fsp3) is 0.714. The van der Waals surface area contributed by atoms with Crippen LogP contribution in [0, 0.1) is 5.92 Å². The van der Waals surface area contributed by atoms with Gasteiger partial charge in [-0.1, -0.05) is 32.2 Å². The molecule has 1 N–H and O–H groups in total. The lowest BCUT2D eigenvalue weighted by atomic mass is 9.89. The topological polar surface area (TPSA) is 83.4 Å². The Morgan fingerprint density at radius 3 is 2.62 bits per heavy atom. The van der Waals surface area contributed by atoms with Crippen LogP contribution in [0.3, 0.4) is 0 Å². The van der Waals surface area contributed by atoms with Gasteiger partial charge in [0.1, 0.15) is 10.9 Å². The zero-order valence-electron chi connectivity index (χ0n) is 12.8. The molecule has 21 heavy (non-hydrogen) atoms. The van der Waals surface area contributed by atoms with E-state index in [9.17, 15) is 14.7 Å². The van der Waals surface area contributed by atoms with Gasteiger partial charge in [0.25, 0.3) is 5.91 Å². The SMILES string of the molecule is CC1CCCN(C(=O)c2snnc2C(C)(C)C)C1C(=O)O. The second-order valence-electron chi connectivity index (χ2n) is 6.60. The van der Waals surface area contributed by atoms with Crippen LogP contribution in [0.5, 0.6) is 0 Å². The third-order valence-electron chi connectivity index (χ3n) is 3.84. The molecule has 6 nitrogen and oxygen atoms in total. The number of aliphatic carboxylic acids is 1. The molecule has 1 aliphatic rings. The third kappa shape index (κ3) is 3.07. The van der Waals surface area contributed by atoms with Crippen molar-refractivity contribution >= 4 is 23.4 Å². The van der Waals surface area contributed by atoms with E-state index in [4.69, 9.17) is 0 Å². The normalized spacial score (nSPS) is 23.1. The van der Waals surface area contributed by atoms with Gasteiger partial charge >= 0.3 is 5.97 Å². The summed E-state index contributed by atoms with van der Waals surface area (Å²) in [6.45, 7) is 8.26. The van der Waals surface area contributed by atoms with Gasteiger partial charge in [0, 0.05) is 12.0 Å². The van der Waals surface area contributed by atoms with Crippen molar-refractivity contribution in [2.75, 3.05) is 6.54 Å². The maximum absolute atomic E-state index is 12.8. The van der Waals surface area contributed by atoms with Crippen molar-refractivity contribution in [2.24, 2.45) is 5.92 Å². The molecule has 0 radical (unpaired) electrons. The predicted molar refractivity (Wildman–Crippen MR) is 79.5 cm³/mol. The van der Waals surface area contributed by atoms with Crippen LogP contribution in [-0.4, -0.2) is 44.1 Å². The highest BCUT2D eigenvalue weighted by Crippen LogP contribution is 2.30. The van der Waals surface area contributed by atoms with Gasteiger partial charge in [0.15, 0.2) is 0 Å². The van der Waals surface area contributed by atoms with Crippen LogP contribution < -0.4 is 0 Å². The lowest BCUT2D eigenvalue weighted by molar-refractivity contribution is -0.145. The number of hydrogen-bond donors (Lipinski definition) is 1. The van der Waals surface area contributed by atoms with Crippen molar-refractivity contribution in [1.29, 1.82) is 0 Å². The first-order chi connectivity index (χ1) is 9.73. The highest BCUT2D eigenvalue weighted by Gasteiger charge is 2.39. The first-order valence-electron chi connectivity index (χ1n) is 7.10. The number of carboxylic acid groups (broad SMARTS) is 1. The number of carbonyl (C=O) groups excluding carboxylic acids is 1. The molecule has 0 aliphatic carbocycles. The Labute approximate surface area is 128 Å². The Kier molecular flexibility index (Phi) is 4.32. The van der Waals surface area contributed by atoms with Gasteiger partial charge in [-0.2, -0.15) is 0 Å². The summed E-state index contributed by atoms with van der Waals surface area (Å²) in [4.78, 5) is 26.2. The second-order valence-corrected chi connectivity index (χ2v) is 7.36. The minimum absolute atomic E-state index is 0.0424. The molecular weight excluding hydrogens is 290 g/mol. The van der Waals surface area contributed by atoms with Gasteiger partial charge in [-0.15, -0.1) is 5.10 Å². The van der Waals surface area contributed by atoms with E-state index in [-0.39, 0.29) is 17.2 Å². The van der Waals surface area contributed by atoms with E-state index in [0.29, 0.717) is 17.1 Å². The molecule has 0 bridgehead atoms. The Morgan fingerprint density at radius 2 is 2.05 bits per heavy atom. The van der Waals surface area contributed by atoms with E-state index in [0.717, 1.165) is 24.4 Å². The van der Waals surface area contributed by atoms with Crippen molar-refractivity contribution in [1.82, 2.24) is 14.5 Å². The highest BCUT2D eigenvalue weighted by atomic mass is 32.1. The van der Waals surface area contributed by atoms with Crippen LogP contribution in [0.4, 0.5) is 0 Å². The number of nitrogens with zero attached hydrogens (tertiary/aromatic N) is 3. The van der Waals surface area contributed by atoms with Crippen molar-refractivity contribution in [3.05, 3.63) is 10.6 Å². The highest BCUT2D eigenvalue weighted by molar-refractivity contribution is 7.08. The van der Waals surface area contributed by atoms with Crippen molar-refractivity contribution in [3.63, 3.8) is 0 Å². The van der Waals surface area contributed by atoms with Crippen molar-refractivity contribution in [2.45, 2.75) is 52.0 Å². The molecule has 1 aromatic heterocycles. The first kappa shape index (κ1) is 15.9. The maximum Gasteiger partial charge on any atom is 0.326 e. The molecule has 0 aromatic carbocycles. The summed E-state index contributed by atoms with van der Waals surface area (Å²) in [7, 11) is 0. The summed E-state index contributed by atoms with van der Waals surface area (Å²) >= 11 is 1.05. The molecule has 2 unspecified atom stereocenters. The number of carboxylic acids is 1. The van der Waals surface area contributed by atoms with Gasteiger partial charge in [-0.05, 0) is 30.3 Å². The number of hydrogen-bond acceptors (Lipinski definition) is 5. The van der Waals surface area contributed by atoms with Crippen molar-refractivity contribution < 1.29 is 14.7 Å². The molecule has 116 valence electrons. The van der Waals surface area contributed by atoms with E-state index in [1.807, 2.05) is 27.7 Å². The van der Waals surface area contributed by atoms with E-state index >= 15 is 0 Å². The summed E-state index contributed by atoms with van der Waals surface area (Å²) in [5.74, 6) is -1.24. The predicted octanol–water partition coefficient (Wildman–Crippen LogP) is 2.16. The zero-order chi connectivity index (χ0) is 15.8. The van der Waals surface area contributed by atoms with Crippen LogP contribution in [0.2, 0.25) is 0 Å². The van der Waals surface area contributed by atoms with E-state index in [1.54, 1.807) is 0 Å². The van der Waals surface area contributed by atoms with Crippen LogP contribution in [0.25, 0.3) is 0 Å². The van der Waals surface area contributed by atoms with Gasteiger partial charge in [0.2, 0.25) is 0 Å². The van der Waals surface area contributed by atoms with Gasteiger partial charge < -0.3 is 10.0 Å². The Hall–Kier alpha value is -1.50.